The van der Waals surface area contributed by atoms with Gasteiger partial charge in [0.05, 0.1) is 10.7 Å². The quantitative estimate of drug-likeness (QED) is 0.764. The summed E-state index contributed by atoms with van der Waals surface area (Å²) in [5.74, 6) is 0.0408. The highest BCUT2D eigenvalue weighted by Gasteiger charge is 2.08. The molecule has 1 heterocycles. The summed E-state index contributed by atoms with van der Waals surface area (Å²) in [6.07, 6.45) is 4.28. The predicted octanol–water partition coefficient (Wildman–Crippen LogP) is 3.56. The van der Waals surface area contributed by atoms with E-state index in [-0.39, 0.29) is 5.91 Å². The van der Waals surface area contributed by atoms with Crippen molar-refractivity contribution in [3.63, 3.8) is 0 Å². The molecule has 0 unspecified atom stereocenters. The average Bonchev–Trinajstić information content (AvgIpc) is 2.92. The van der Waals surface area contributed by atoms with Gasteiger partial charge >= 0.3 is 0 Å². The SMILES string of the molecule is CCN(CCc1ccccc1)C(=O)/C=C/c1csc(C)n1. The van der Waals surface area contributed by atoms with E-state index in [1.807, 2.05) is 42.3 Å². The zero-order valence-corrected chi connectivity index (χ0v) is 13.3. The fourth-order valence-corrected chi connectivity index (χ4v) is 2.63. The van der Waals surface area contributed by atoms with Crippen LogP contribution in [-0.4, -0.2) is 28.9 Å². The van der Waals surface area contributed by atoms with Crippen LogP contribution >= 0.6 is 11.3 Å². The van der Waals surface area contributed by atoms with Gasteiger partial charge in [0.1, 0.15) is 0 Å². The zero-order chi connectivity index (χ0) is 15.1. The van der Waals surface area contributed by atoms with Crippen LogP contribution in [0, 0.1) is 6.92 Å². The number of amides is 1. The number of nitrogens with zero attached hydrogens (tertiary/aromatic N) is 2. The molecule has 4 heteroatoms. The van der Waals surface area contributed by atoms with Crippen molar-refractivity contribution < 1.29 is 4.79 Å². The first-order valence-electron chi connectivity index (χ1n) is 7.12. The summed E-state index contributed by atoms with van der Waals surface area (Å²) in [5.41, 5.74) is 2.10. The molecule has 0 radical (unpaired) electrons. The van der Waals surface area contributed by atoms with Crippen molar-refractivity contribution >= 4 is 23.3 Å². The Hall–Kier alpha value is -1.94. The van der Waals surface area contributed by atoms with Gasteiger partial charge < -0.3 is 4.90 Å². The number of hydrogen-bond donors (Lipinski definition) is 0. The minimum atomic E-state index is 0.0408. The summed E-state index contributed by atoms with van der Waals surface area (Å²) in [6, 6.07) is 10.2. The monoisotopic (exact) mass is 300 g/mol. The molecule has 0 atom stereocenters. The molecule has 0 aliphatic heterocycles. The molecule has 0 saturated heterocycles. The fraction of sp³-hybridized carbons (Fsp3) is 0.294. The van der Waals surface area contributed by atoms with Crippen molar-refractivity contribution in [2.45, 2.75) is 20.3 Å². The molecule has 0 saturated carbocycles. The maximum absolute atomic E-state index is 12.2. The summed E-state index contributed by atoms with van der Waals surface area (Å²) in [6.45, 7) is 5.41. The predicted molar refractivity (Wildman–Crippen MR) is 88.3 cm³/mol. The molecule has 2 rings (SSSR count). The van der Waals surface area contributed by atoms with Gasteiger partial charge in [0, 0.05) is 24.5 Å². The number of aryl methyl sites for hydroxylation is 1. The van der Waals surface area contributed by atoms with Crippen LogP contribution in [0.4, 0.5) is 0 Å². The number of rotatable bonds is 6. The van der Waals surface area contributed by atoms with Crippen LogP contribution < -0.4 is 0 Å². The Balaban J connectivity index is 1.90. The van der Waals surface area contributed by atoms with Crippen LogP contribution in [0.5, 0.6) is 0 Å². The highest BCUT2D eigenvalue weighted by atomic mass is 32.1. The van der Waals surface area contributed by atoms with Gasteiger partial charge in [-0.2, -0.15) is 0 Å². The van der Waals surface area contributed by atoms with E-state index in [0.717, 1.165) is 23.7 Å². The topological polar surface area (TPSA) is 33.2 Å². The van der Waals surface area contributed by atoms with Gasteiger partial charge in [0.15, 0.2) is 0 Å². The molecule has 21 heavy (non-hydrogen) atoms. The molecule has 2 aromatic rings. The normalized spacial score (nSPS) is 11.0. The zero-order valence-electron chi connectivity index (χ0n) is 12.5. The van der Waals surface area contributed by atoms with Crippen molar-refractivity contribution in [2.24, 2.45) is 0 Å². The Morgan fingerprint density at radius 3 is 2.71 bits per heavy atom. The van der Waals surface area contributed by atoms with Crippen molar-refractivity contribution in [2.75, 3.05) is 13.1 Å². The molecular weight excluding hydrogens is 280 g/mol. The summed E-state index contributed by atoms with van der Waals surface area (Å²) in [5, 5.41) is 2.97. The van der Waals surface area contributed by atoms with Crippen LogP contribution in [0.3, 0.4) is 0 Å². The third-order valence-electron chi connectivity index (χ3n) is 3.24. The summed E-state index contributed by atoms with van der Waals surface area (Å²) >= 11 is 1.59. The summed E-state index contributed by atoms with van der Waals surface area (Å²) in [4.78, 5) is 18.4. The van der Waals surface area contributed by atoms with Crippen LogP contribution in [0.2, 0.25) is 0 Å². The van der Waals surface area contributed by atoms with E-state index in [0.29, 0.717) is 6.54 Å². The lowest BCUT2D eigenvalue weighted by molar-refractivity contribution is -0.125. The van der Waals surface area contributed by atoms with Gasteiger partial charge in [-0.3, -0.25) is 4.79 Å². The minimum Gasteiger partial charge on any atom is -0.339 e. The van der Waals surface area contributed by atoms with E-state index in [2.05, 4.69) is 17.1 Å². The van der Waals surface area contributed by atoms with Gasteiger partial charge in [0.25, 0.3) is 0 Å². The van der Waals surface area contributed by atoms with Crippen LogP contribution in [0.15, 0.2) is 41.8 Å². The lowest BCUT2D eigenvalue weighted by atomic mass is 10.1. The van der Waals surface area contributed by atoms with E-state index in [9.17, 15) is 4.79 Å². The summed E-state index contributed by atoms with van der Waals surface area (Å²) < 4.78 is 0. The molecule has 110 valence electrons. The maximum Gasteiger partial charge on any atom is 0.246 e. The molecule has 1 aromatic heterocycles. The number of thiazole rings is 1. The van der Waals surface area contributed by atoms with Crippen molar-refractivity contribution in [1.82, 2.24) is 9.88 Å². The minimum absolute atomic E-state index is 0.0408. The van der Waals surface area contributed by atoms with Gasteiger partial charge in [-0.25, -0.2) is 4.98 Å². The second-order valence-corrected chi connectivity index (χ2v) is 5.84. The lowest BCUT2D eigenvalue weighted by Crippen LogP contribution is -2.31. The number of hydrogen-bond acceptors (Lipinski definition) is 3. The van der Waals surface area contributed by atoms with Gasteiger partial charge in [-0.05, 0) is 31.9 Å². The van der Waals surface area contributed by atoms with Gasteiger partial charge in [0.2, 0.25) is 5.91 Å². The Kier molecular flexibility index (Phi) is 5.69. The fourth-order valence-electron chi connectivity index (χ4n) is 2.05. The molecule has 0 aliphatic rings. The number of carbonyl (C=O) groups is 1. The molecular formula is C17H20N2OS. The average molecular weight is 300 g/mol. The second kappa shape index (κ2) is 7.74. The molecule has 1 amide bonds. The second-order valence-electron chi connectivity index (χ2n) is 4.78. The first-order valence-corrected chi connectivity index (χ1v) is 8.00. The van der Waals surface area contributed by atoms with Crippen molar-refractivity contribution in [3.8, 4) is 0 Å². The van der Waals surface area contributed by atoms with Crippen LogP contribution in [0.25, 0.3) is 6.08 Å². The highest BCUT2D eigenvalue weighted by Crippen LogP contribution is 2.09. The lowest BCUT2D eigenvalue weighted by Gasteiger charge is -2.19. The van der Waals surface area contributed by atoms with Gasteiger partial charge in [-0.1, -0.05) is 30.3 Å². The Labute approximate surface area is 129 Å². The van der Waals surface area contributed by atoms with E-state index in [1.165, 1.54) is 5.56 Å². The molecule has 1 aromatic carbocycles. The molecule has 0 aliphatic carbocycles. The molecule has 3 nitrogen and oxygen atoms in total. The number of benzene rings is 1. The third-order valence-corrected chi connectivity index (χ3v) is 4.03. The van der Waals surface area contributed by atoms with E-state index in [1.54, 1.807) is 23.5 Å². The van der Waals surface area contributed by atoms with E-state index in [4.69, 9.17) is 0 Å². The number of aromatic nitrogens is 1. The Morgan fingerprint density at radius 1 is 1.33 bits per heavy atom. The standard InChI is InChI=1S/C17H20N2OS/c1-3-19(12-11-15-7-5-4-6-8-15)17(20)10-9-16-13-21-14(2)18-16/h4-10,13H,3,11-12H2,1-2H3/b10-9+. The van der Waals surface area contributed by atoms with Gasteiger partial charge in [-0.15, -0.1) is 11.3 Å². The smallest absolute Gasteiger partial charge is 0.246 e. The first kappa shape index (κ1) is 15.4. The van der Waals surface area contributed by atoms with Crippen molar-refractivity contribution in [1.29, 1.82) is 0 Å². The van der Waals surface area contributed by atoms with Crippen molar-refractivity contribution in [3.05, 3.63) is 58.1 Å². The van der Waals surface area contributed by atoms with Crippen LogP contribution in [0.1, 0.15) is 23.2 Å². The largest absolute Gasteiger partial charge is 0.339 e. The number of carbonyl (C=O) groups excluding carboxylic acids is 1. The first-order chi connectivity index (χ1) is 10.2. The van der Waals surface area contributed by atoms with E-state index >= 15 is 0 Å². The summed E-state index contributed by atoms with van der Waals surface area (Å²) in [7, 11) is 0. The molecule has 0 bridgehead atoms. The Bertz CT molecular complexity index is 604. The Morgan fingerprint density at radius 2 is 2.10 bits per heavy atom. The molecule has 0 fully saturated rings. The maximum atomic E-state index is 12.2. The van der Waals surface area contributed by atoms with E-state index < -0.39 is 0 Å². The molecule has 0 spiro atoms. The highest BCUT2D eigenvalue weighted by molar-refractivity contribution is 7.09. The van der Waals surface area contributed by atoms with Crippen LogP contribution in [-0.2, 0) is 11.2 Å². The third kappa shape index (κ3) is 4.83. The number of likely N-dealkylation sites (N-methyl/N-ethyl adjacent to an activating group) is 1. The molecule has 0 N–H and O–H groups in total.